The van der Waals surface area contributed by atoms with Crippen LogP contribution in [0.3, 0.4) is 0 Å². The number of hydrogen-bond acceptors (Lipinski definition) is 3. The van der Waals surface area contributed by atoms with Crippen LogP contribution >= 0.6 is 11.6 Å². The summed E-state index contributed by atoms with van der Waals surface area (Å²) in [5, 5.41) is 0.569. The number of Topliss-reactive ketones (excluding diaryl/α,β-unsaturated/α-hetero) is 1. The van der Waals surface area contributed by atoms with E-state index in [4.69, 9.17) is 16.3 Å². The number of carbonyl (C=O) groups excluding carboxylic acids is 1. The Morgan fingerprint density at radius 2 is 1.79 bits per heavy atom. The molecule has 0 atom stereocenters. The van der Waals surface area contributed by atoms with E-state index in [9.17, 15) is 9.00 Å². The summed E-state index contributed by atoms with van der Waals surface area (Å²) in [5.74, 6) is 0.888. The van der Waals surface area contributed by atoms with E-state index >= 15 is 0 Å². The molecular weight excluding hydrogens is 344 g/mol. The van der Waals surface area contributed by atoms with Crippen LogP contribution in [0.15, 0.2) is 48.5 Å². The molecule has 3 nitrogen and oxygen atoms in total. The van der Waals surface area contributed by atoms with Gasteiger partial charge in [-0.1, -0.05) is 48.0 Å². The normalized spacial score (nSPS) is 16.2. The maximum Gasteiger partial charge on any atom is 0.463 e. The van der Waals surface area contributed by atoms with Crippen LogP contribution in [0, 0.1) is 0 Å². The zero-order valence-electron chi connectivity index (χ0n) is 13.3. The highest BCUT2D eigenvalue weighted by atomic mass is 35.5. The van der Waals surface area contributed by atoms with Crippen molar-refractivity contribution in [3.63, 3.8) is 0 Å². The van der Waals surface area contributed by atoms with Gasteiger partial charge in [0.15, 0.2) is 5.60 Å². The fraction of sp³-hybridized carbons (Fsp3) is 0.211. The van der Waals surface area contributed by atoms with Gasteiger partial charge in [-0.2, -0.15) is 0 Å². The van der Waals surface area contributed by atoms with Crippen molar-refractivity contribution in [3.05, 3.63) is 70.2 Å². The molecule has 0 saturated heterocycles. The van der Waals surface area contributed by atoms with Crippen LogP contribution in [-0.4, -0.2) is 11.4 Å². The first-order chi connectivity index (χ1) is 11.4. The lowest BCUT2D eigenvalue weighted by Gasteiger charge is -2.17. The van der Waals surface area contributed by atoms with E-state index in [2.05, 4.69) is 0 Å². The molecule has 0 saturated carbocycles. The molecule has 3 rings (SSSR count). The topological polar surface area (TPSA) is 43.4 Å². The Bertz CT molecular complexity index is 838. The molecule has 0 bridgehead atoms. The van der Waals surface area contributed by atoms with Crippen LogP contribution in [-0.2, 0) is 31.2 Å². The van der Waals surface area contributed by atoms with Gasteiger partial charge < -0.3 is 4.74 Å². The van der Waals surface area contributed by atoms with Crippen molar-refractivity contribution >= 4 is 40.4 Å². The second-order valence-corrected chi connectivity index (χ2v) is 7.08. The monoisotopic (exact) mass is 359 g/mol. The zero-order valence-corrected chi connectivity index (χ0v) is 14.9. The molecule has 24 heavy (non-hydrogen) atoms. The molecule has 0 amide bonds. The summed E-state index contributed by atoms with van der Waals surface area (Å²) < 4.78 is 16.6. The molecule has 122 valence electrons. The van der Waals surface area contributed by atoms with E-state index < -0.39 is 5.60 Å². The quantitative estimate of drug-likeness (QED) is 0.754. The third-order valence-electron chi connectivity index (χ3n) is 3.91. The largest absolute Gasteiger partial charge is 0.478 e. The van der Waals surface area contributed by atoms with Crippen molar-refractivity contribution in [1.82, 2.24) is 0 Å². The molecule has 0 spiro atoms. The summed E-state index contributed by atoms with van der Waals surface area (Å²) in [6.07, 6.45) is 0. The van der Waals surface area contributed by atoms with Gasteiger partial charge in [-0.05, 0) is 31.5 Å². The molecule has 5 heteroatoms. The van der Waals surface area contributed by atoms with Crippen molar-refractivity contribution in [2.75, 3.05) is 0 Å². The summed E-state index contributed by atoms with van der Waals surface area (Å²) in [6, 6.07) is 14.7. The minimum Gasteiger partial charge on any atom is -0.478 e. The van der Waals surface area contributed by atoms with E-state index in [0.717, 1.165) is 16.7 Å². The van der Waals surface area contributed by atoms with Crippen molar-refractivity contribution in [2.24, 2.45) is 0 Å². The molecule has 0 aromatic heterocycles. The van der Waals surface area contributed by atoms with E-state index in [1.165, 1.54) is 0 Å². The number of hydrogen-bond donors (Lipinski definition) is 0. The fourth-order valence-electron chi connectivity index (χ4n) is 2.69. The Balaban J connectivity index is 2.12. The minimum atomic E-state index is -0.920. The Kier molecular flexibility index (Phi) is 4.52. The molecule has 0 fully saturated rings. The lowest BCUT2D eigenvalue weighted by atomic mass is 9.92. The molecular formula is C19H16ClO3S+. The first kappa shape index (κ1) is 16.8. The average molecular weight is 360 g/mol. The molecule has 1 heterocycles. The van der Waals surface area contributed by atoms with Gasteiger partial charge in [-0.3, -0.25) is 4.79 Å². The number of benzene rings is 2. The number of carbonyl (C=O) groups is 1. The van der Waals surface area contributed by atoms with E-state index in [0.29, 0.717) is 33.8 Å². The van der Waals surface area contributed by atoms with Crippen molar-refractivity contribution in [3.8, 4) is 0 Å². The maximum atomic E-state index is 12.8. The molecule has 1 aliphatic rings. The second kappa shape index (κ2) is 6.46. The van der Waals surface area contributed by atoms with Crippen LogP contribution < -0.4 is 0 Å². The molecule has 0 unspecified atom stereocenters. The van der Waals surface area contributed by atoms with Crippen LogP contribution in [0.25, 0.3) is 11.3 Å². The maximum absolute atomic E-state index is 12.8. The summed E-state index contributed by atoms with van der Waals surface area (Å²) in [4.78, 5) is 12.8. The van der Waals surface area contributed by atoms with Gasteiger partial charge in [0.05, 0.1) is 5.57 Å². The Labute approximate surface area is 149 Å². The smallest absolute Gasteiger partial charge is 0.463 e. The van der Waals surface area contributed by atoms with Gasteiger partial charge in [0.25, 0.3) is 5.75 Å². The predicted molar refractivity (Wildman–Crippen MR) is 96.6 cm³/mol. The van der Waals surface area contributed by atoms with Crippen LogP contribution in [0.4, 0.5) is 0 Å². The van der Waals surface area contributed by atoms with Gasteiger partial charge in [0, 0.05) is 20.4 Å². The van der Waals surface area contributed by atoms with Crippen molar-refractivity contribution < 1.29 is 13.7 Å². The number of rotatable bonds is 4. The van der Waals surface area contributed by atoms with E-state index in [-0.39, 0.29) is 5.78 Å². The van der Waals surface area contributed by atoms with Gasteiger partial charge in [-0.25, -0.2) is 0 Å². The lowest BCUT2D eigenvalue weighted by Crippen LogP contribution is -2.29. The second-order valence-electron chi connectivity index (χ2n) is 6.12. The molecule has 2 aromatic carbocycles. The third kappa shape index (κ3) is 3.12. The predicted octanol–water partition coefficient (Wildman–Crippen LogP) is 4.51. The van der Waals surface area contributed by atoms with Crippen molar-refractivity contribution in [2.45, 2.75) is 25.2 Å². The minimum absolute atomic E-state index is 0.0704. The highest BCUT2D eigenvalue weighted by Crippen LogP contribution is 2.41. The van der Waals surface area contributed by atoms with Crippen molar-refractivity contribution in [1.29, 1.82) is 0 Å². The zero-order chi connectivity index (χ0) is 17.3. The van der Waals surface area contributed by atoms with E-state index in [1.54, 1.807) is 26.0 Å². The summed E-state index contributed by atoms with van der Waals surface area (Å²) >= 11 is 6.61. The highest BCUT2D eigenvalue weighted by Gasteiger charge is 2.42. The van der Waals surface area contributed by atoms with Crippen LogP contribution in [0.5, 0.6) is 0 Å². The van der Waals surface area contributed by atoms with Gasteiger partial charge in [-0.15, -0.1) is 0 Å². The fourth-order valence-corrected chi connectivity index (χ4v) is 3.21. The first-order valence-corrected chi connectivity index (χ1v) is 8.79. The molecule has 0 aliphatic carbocycles. The number of ketones is 1. The van der Waals surface area contributed by atoms with Crippen LogP contribution in [0.2, 0.25) is 5.02 Å². The molecule has 0 N–H and O–H groups in total. The third-order valence-corrected chi connectivity index (χ3v) is 4.60. The number of halogens is 1. The number of ether oxygens (including phenoxy) is 1. The Hall–Kier alpha value is -2.04. The van der Waals surface area contributed by atoms with Gasteiger partial charge in [0.2, 0.25) is 5.78 Å². The standard InChI is InChI=1S/C19H16ClO3S/c1-19(2)18(21)16(14-4-3-5-15(20)10-14)17(23-19)13-8-6-12(7-9-13)11-24-22/h3-10H,11H2,1-2H3/q+1. The highest BCUT2D eigenvalue weighted by molar-refractivity contribution is 7.64. The van der Waals surface area contributed by atoms with Gasteiger partial charge >= 0.3 is 11.7 Å². The van der Waals surface area contributed by atoms with Crippen LogP contribution in [0.1, 0.15) is 30.5 Å². The molecule has 1 aliphatic heterocycles. The van der Waals surface area contributed by atoms with E-state index in [1.807, 2.05) is 36.4 Å². The SMILES string of the molecule is CC1(C)OC(c2ccc(C[S+]=O)cc2)=C(c2cccc(Cl)c2)C1=O. The average Bonchev–Trinajstić information content (AvgIpc) is 2.79. The Morgan fingerprint density at radius 1 is 1.08 bits per heavy atom. The Morgan fingerprint density at radius 3 is 2.42 bits per heavy atom. The molecule has 0 radical (unpaired) electrons. The lowest BCUT2D eigenvalue weighted by molar-refractivity contribution is -0.125. The molecule has 2 aromatic rings. The van der Waals surface area contributed by atoms with Gasteiger partial charge in [0.1, 0.15) is 5.76 Å². The first-order valence-electron chi connectivity index (χ1n) is 7.50. The summed E-state index contributed by atoms with van der Waals surface area (Å²) in [7, 11) is 0. The summed E-state index contributed by atoms with van der Waals surface area (Å²) in [6.45, 7) is 3.52. The summed E-state index contributed by atoms with van der Waals surface area (Å²) in [5.41, 5.74) is 2.10.